The Morgan fingerprint density at radius 2 is 1.80 bits per heavy atom. The minimum absolute atomic E-state index is 0.986. The van der Waals surface area contributed by atoms with E-state index in [0.717, 1.165) is 12.1 Å². The Bertz CT molecular complexity index is 498. The van der Waals surface area contributed by atoms with Gasteiger partial charge in [-0.2, -0.15) is 0 Å². The molecule has 1 aliphatic heterocycles. The highest BCUT2D eigenvalue weighted by Gasteiger charge is 2.08. The van der Waals surface area contributed by atoms with E-state index in [2.05, 4.69) is 41.4 Å². The topological polar surface area (TPSA) is 12.4 Å². The van der Waals surface area contributed by atoms with Gasteiger partial charge in [0, 0.05) is 18.0 Å². The van der Waals surface area contributed by atoms with Crippen molar-refractivity contribution in [3.05, 3.63) is 42.0 Å². The summed E-state index contributed by atoms with van der Waals surface area (Å²) in [6.45, 7) is 4.00. The lowest BCUT2D eigenvalue weighted by Crippen LogP contribution is -1.79. The van der Waals surface area contributed by atoms with Gasteiger partial charge in [-0.15, -0.1) is 0 Å². The number of fused-ring (bicyclic) bond motifs is 3. The fourth-order valence-corrected chi connectivity index (χ4v) is 1.85. The van der Waals surface area contributed by atoms with Crippen molar-refractivity contribution in [1.82, 2.24) is 0 Å². The van der Waals surface area contributed by atoms with Crippen molar-refractivity contribution in [2.24, 2.45) is 4.99 Å². The maximum atomic E-state index is 4.40. The van der Waals surface area contributed by atoms with E-state index < -0.39 is 0 Å². The number of nitrogens with zero attached hydrogens (tertiary/aromatic N) is 1. The molecular formula is C14H15N. The van der Waals surface area contributed by atoms with Crippen LogP contribution in [0.4, 0.5) is 5.69 Å². The zero-order valence-corrected chi connectivity index (χ0v) is 9.20. The molecule has 76 valence electrons. The summed E-state index contributed by atoms with van der Waals surface area (Å²) in [5, 5.41) is 2.55. The van der Waals surface area contributed by atoms with Crippen LogP contribution >= 0.6 is 0 Å². The van der Waals surface area contributed by atoms with Gasteiger partial charge in [-0.25, -0.2) is 0 Å². The van der Waals surface area contributed by atoms with Gasteiger partial charge in [0.1, 0.15) is 0 Å². The first-order valence-electron chi connectivity index (χ1n) is 5.48. The lowest BCUT2D eigenvalue weighted by molar-refractivity contribution is 1.43. The van der Waals surface area contributed by atoms with Crippen LogP contribution in [0, 0.1) is 0 Å². The molecule has 0 aromatic heterocycles. The quantitative estimate of drug-likeness (QED) is 0.602. The molecule has 0 saturated heterocycles. The Labute approximate surface area is 90.5 Å². The van der Waals surface area contributed by atoms with Gasteiger partial charge in [0.2, 0.25) is 0 Å². The molecule has 1 heteroatoms. The third kappa shape index (κ3) is 1.65. The first-order valence-corrected chi connectivity index (χ1v) is 5.48. The molecule has 3 rings (SSSR count). The van der Waals surface area contributed by atoms with Gasteiger partial charge in [-0.1, -0.05) is 50.2 Å². The minimum atomic E-state index is 0.986. The summed E-state index contributed by atoms with van der Waals surface area (Å²) in [6.07, 6.45) is 2.97. The Morgan fingerprint density at radius 3 is 2.67 bits per heavy atom. The van der Waals surface area contributed by atoms with E-state index in [1.54, 1.807) is 0 Å². The summed E-state index contributed by atoms with van der Waals surface area (Å²) in [4.78, 5) is 4.40. The van der Waals surface area contributed by atoms with Crippen molar-refractivity contribution in [1.29, 1.82) is 0 Å². The summed E-state index contributed by atoms with van der Waals surface area (Å²) in [7, 11) is 0. The molecule has 0 bridgehead atoms. The highest BCUT2D eigenvalue weighted by atomic mass is 14.7. The van der Waals surface area contributed by atoms with E-state index in [0.29, 0.717) is 0 Å². The molecule has 0 N–H and O–H groups in total. The highest BCUT2D eigenvalue weighted by Crippen LogP contribution is 2.32. The first-order chi connectivity index (χ1) is 7.45. The van der Waals surface area contributed by atoms with Gasteiger partial charge in [0.25, 0.3) is 0 Å². The molecule has 2 aromatic rings. The fraction of sp³-hybridized carbons (Fsp3) is 0.214. The smallest absolute Gasteiger partial charge is 0.0739 e. The zero-order chi connectivity index (χ0) is 10.7. The van der Waals surface area contributed by atoms with Crippen LogP contribution in [0.15, 0.2) is 41.4 Å². The molecule has 0 atom stereocenters. The first kappa shape index (κ1) is 9.91. The fourth-order valence-electron chi connectivity index (χ4n) is 1.85. The normalized spacial score (nSPS) is 12.1. The third-order valence-electron chi connectivity index (χ3n) is 2.52. The summed E-state index contributed by atoms with van der Waals surface area (Å²) in [6, 6.07) is 12.7. The molecule has 2 aromatic carbocycles. The summed E-state index contributed by atoms with van der Waals surface area (Å²) >= 11 is 0. The van der Waals surface area contributed by atoms with E-state index in [1.807, 2.05) is 20.1 Å². The van der Waals surface area contributed by atoms with Gasteiger partial charge in [-0.3, -0.25) is 4.99 Å². The Balaban J connectivity index is 0.000000404. The van der Waals surface area contributed by atoms with Crippen molar-refractivity contribution in [3.63, 3.8) is 0 Å². The minimum Gasteiger partial charge on any atom is -0.260 e. The second-order valence-electron chi connectivity index (χ2n) is 3.31. The van der Waals surface area contributed by atoms with E-state index in [4.69, 9.17) is 0 Å². The van der Waals surface area contributed by atoms with Crippen LogP contribution in [0.3, 0.4) is 0 Å². The molecule has 0 aliphatic carbocycles. The second kappa shape index (κ2) is 4.26. The van der Waals surface area contributed by atoms with Crippen LogP contribution in [-0.4, -0.2) is 6.21 Å². The maximum absolute atomic E-state index is 4.40. The van der Waals surface area contributed by atoms with E-state index in [-0.39, 0.29) is 0 Å². The van der Waals surface area contributed by atoms with Crippen molar-refractivity contribution >= 4 is 22.7 Å². The Hall–Kier alpha value is -1.63. The van der Waals surface area contributed by atoms with Crippen LogP contribution in [0.25, 0.3) is 10.8 Å². The molecule has 0 fully saturated rings. The molecular weight excluding hydrogens is 182 g/mol. The Morgan fingerprint density at radius 1 is 1.00 bits per heavy atom. The van der Waals surface area contributed by atoms with E-state index >= 15 is 0 Å². The number of hydrogen-bond donors (Lipinski definition) is 0. The largest absolute Gasteiger partial charge is 0.260 e. The molecule has 1 aliphatic rings. The monoisotopic (exact) mass is 197 g/mol. The van der Waals surface area contributed by atoms with Crippen molar-refractivity contribution in [3.8, 4) is 0 Å². The zero-order valence-electron chi connectivity index (χ0n) is 9.20. The van der Waals surface area contributed by atoms with Crippen LogP contribution in [0.5, 0.6) is 0 Å². The van der Waals surface area contributed by atoms with Crippen molar-refractivity contribution in [2.75, 3.05) is 0 Å². The highest BCUT2D eigenvalue weighted by molar-refractivity contribution is 5.98. The standard InChI is InChI=1S/C12H9N.C2H6/c1-2-4-11-9(3-1)5-6-10-7-8-13-12(10)11;1-2/h1-6,8H,7H2;1-2H3. The van der Waals surface area contributed by atoms with Crippen LogP contribution in [-0.2, 0) is 6.42 Å². The lowest BCUT2D eigenvalue weighted by atomic mass is 10.0. The van der Waals surface area contributed by atoms with Crippen molar-refractivity contribution in [2.45, 2.75) is 20.3 Å². The van der Waals surface area contributed by atoms with Gasteiger partial charge in [0.15, 0.2) is 0 Å². The van der Waals surface area contributed by atoms with Gasteiger partial charge in [0.05, 0.1) is 5.69 Å². The molecule has 0 spiro atoms. The van der Waals surface area contributed by atoms with Crippen LogP contribution in [0.2, 0.25) is 0 Å². The number of aliphatic imine (C=N–C) groups is 1. The molecule has 0 radical (unpaired) electrons. The molecule has 15 heavy (non-hydrogen) atoms. The summed E-state index contributed by atoms with van der Waals surface area (Å²) in [5.41, 5.74) is 2.51. The average Bonchev–Trinajstić information content (AvgIpc) is 2.80. The number of rotatable bonds is 0. The maximum Gasteiger partial charge on any atom is 0.0739 e. The SMILES string of the molecule is C1=Nc2c(ccc3ccccc23)C1.CC. The van der Waals surface area contributed by atoms with E-state index in [1.165, 1.54) is 16.3 Å². The average molecular weight is 197 g/mol. The van der Waals surface area contributed by atoms with E-state index in [9.17, 15) is 0 Å². The molecule has 0 saturated carbocycles. The van der Waals surface area contributed by atoms with Crippen LogP contribution < -0.4 is 0 Å². The van der Waals surface area contributed by atoms with Crippen LogP contribution in [0.1, 0.15) is 19.4 Å². The summed E-state index contributed by atoms with van der Waals surface area (Å²) in [5.74, 6) is 0. The predicted molar refractivity (Wildman–Crippen MR) is 67.2 cm³/mol. The lowest BCUT2D eigenvalue weighted by Gasteiger charge is -2.02. The number of hydrogen-bond acceptors (Lipinski definition) is 1. The van der Waals surface area contributed by atoms with Crippen molar-refractivity contribution < 1.29 is 0 Å². The molecule has 0 unspecified atom stereocenters. The molecule has 1 heterocycles. The second-order valence-corrected chi connectivity index (χ2v) is 3.31. The predicted octanol–water partition coefficient (Wildman–Crippen LogP) is 4.12. The molecule has 0 amide bonds. The van der Waals surface area contributed by atoms with Gasteiger partial charge in [-0.05, 0) is 10.9 Å². The Kier molecular flexibility index (Phi) is 2.82. The summed E-state index contributed by atoms with van der Waals surface area (Å²) < 4.78 is 0. The third-order valence-corrected chi connectivity index (χ3v) is 2.52. The molecule has 1 nitrogen and oxygen atoms in total. The van der Waals surface area contributed by atoms with Gasteiger partial charge < -0.3 is 0 Å². The number of benzene rings is 2. The van der Waals surface area contributed by atoms with Gasteiger partial charge >= 0.3 is 0 Å².